The summed E-state index contributed by atoms with van der Waals surface area (Å²) in [5.74, 6) is -1.10. The summed E-state index contributed by atoms with van der Waals surface area (Å²) in [5, 5.41) is 27.4. The fourth-order valence-corrected chi connectivity index (χ4v) is 2.98. The van der Waals surface area contributed by atoms with E-state index >= 15 is 0 Å². The molecule has 9 heteroatoms. The Morgan fingerprint density at radius 3 is 2.41 bits per heavy atom. The molecule has 0 spiro atoms. The molecule has 0 bridgehead atoms. The molecule has 0 aliphatic heterocycles. The quantitative estimate of drug-likeness (QED) is 0.214. The number of nitrogens with zero attached hydrogens (tertiary/aromatic N) is 2. The molecule has 9 nitrogen and oxygen atoms in total. The maximum atomic E-state index is 12.9. The van der Waals surface area contributed by atoms with Crippen LogP contribution in [0.15, 0.2) is 83.6 Å². The lowest BCUT2D eigenvalue weighted by molar-refractivity contribution is -0.384. The molecule has 0 radical (unpaired) electrons. The molecule has 2 amide bonds. The molecular formula is C25H22N4O5. The van der Waals surface area contributed by atoms with Crippen LogP contribution in [0.25, 0.3) is 6.08 Å². The maximum absolute atomic E-state index is 12.9. The fourth-order valence-electron chi connectivity index (χ4n) is 2.98. The summed E-state index contributed by atoms with van der Waals surface area (Å²) in [5.41, 5.74) is 4.60. The van der Waals surface area contributed by atoms with E-state index in [0.717, 1.165) is 0 Å². The van der Waals surface area contributed by atoms with Gasteiger partial charge in [-0.15, -0.1) is 0 Å². The summed E-state index contributed by atoms with van der Waals surface area (Å²) >= 11 is 0. The van der Waals surface area contributed by atoms with Gasteiger partial charge < -0.3 is 10.4 Å². The zero-order chi connectivity index (χ0) is 24.7. The van der Waals surface area contributed by atoms with Crippen molar-refractivity contribution in [2.75, 3.05) is 0 Å². The molecule has 0 aliphatic carbocycles. The van der Waals surface area contributed by atoms with Crippen LogP contribution in [0.4, 0.5) is 5.69 Å². The van der Waals surface area contributed by atoms with Crippen molar-refractivity contribution in [2.24, 2.45) is 5.10 Å². The van der Waals surface area contributed by atoms with E-state index in [1.807, 2.05) is 0 Å². The predicted octanol–water partition coefficient (Wildman–Crippen LogP) is 3.92. The van der Waals surface area contributed by atoms with Crippen LogP contribution < -0.4 is 10.7 Å². The molecule has 3 N–H and O–H groups in total. The molecule has 3 rings (SSSR count). The summed E-state index contributed by atoms with van der Waals surface area (Å²) in [6.07, 6.45) is 1.33. The van der Waals surface area contributed by atoms with Gasteiger partial charge in [0.05, 0.1) is 10.6 Å². The number of rotatable bonds is 7. The number of nitro benzene ring substituents is 1. The van der Waals surface area contributed by atoms with Gasteiger partial charge in [0.15, 0.2) is 0 Å². The van der Waals surface area contributed by atoms with Gasteiger partial charge in [0, 0.05) is 17.7 Å². The van der Waals surface area contributed by atoms with Crippen molar-refractivity contribution in [3.05, 3.63) is 111 Å². The Labute approximate surface area is 195 Å². The molecule has 3 aromatic carbocycles. The number of phenols is 1. The smallest absolute Gasteiger partial charge is 0.287 e. The Balaban J connectivity index is 1.89. The van der Waals surface area contributed by atoms with Crippen LogP contribution in [-0.4, -0.2) is 27.6 Å². The van der Waals surface area contributed by atoms with E-state index in [1.165, 1.54) is 30.3 Å². The van der Waals surface area contributed by atoms with Crippen LogP contribution >= 0.6 is 0 Å². The molecular weight excluding hydrogens is 436 g/mol. The van der Waals surface area contributed by atoms with Gasteiger partial charge in [0.1, 0.15) is 11.4 Å². The third-order valence-electron chi connectivity index (χ3n) is 4.86. The van der Waals surface area contributed by atoms with Crippen molar-refractivity contribution >= 4 is 29.3 Å². The predicted molar refractivity (Wildman–Crippen MR) is 128 cm³/mol. The van der Waals surface area contributed by atoms with Crippen molar-refractivity contribution in [1.29, 1.82) is 0 Å². The number of carbonyl (C=O) groups excluding carboxylic acids is 2. The molecule has 0 saturated carbocycles. The first kappa shape index (κ1) is 23.9. The van der Waals surface area contributed by atoms with Crippen LogP contribution in [0.5, 0.6) is 5.75 Å². The molecule has 0 saturated heterocycles. The Bertz CT molecular complexity index is 1300. The Kier molecular flexibility index (Phi) is 7.50. The first-order valence-corrected chi connectivity index (χ1v) is 10.2. The van der Waals surface area contributed by atoms with Gasteiger partial charge in [-0.25, -0.2) is 5.43 Å². The zero-order valence-electron chi connectivity index (χ0n) is 18.5. The first-order valence-electron chi connectivity index (χ1n) is 10.2. The third-order valence-corrected chi connectivity index (χ3v) is 4.86. The highest BCUT2D eigenvalue weighted by Gasteiger charge is 2.15. The van der Waals surface area contributed by atoms with Crippen LogP contribution in [0.1, 0.15) is 34.0 Å². The highest BCUT2D eigenvalue weighted by molar-refractivity contribution is 6.06. The first-order chi connectivity index (χ1) is 16.2. The lowest BCUT2D eigenvalue weighted by Gasteiger charge is -2.10. The molecule has 172 valence electrons. The summed E-state index contributed by atoms with van der Waals surface area (Å²) in [7, 11) is 0. The highest BCUT2D eigenvalue weighted by Crippen LogP contribution is 2.18. The van der Waals surface area contributed by atoms with Gasteiger partial charge in [-0.05, 0) is 66.9 Å². The van der Waals surface area contributed by atoms with Crippen LogP contribution in [0.2, 0.25) is 0 Å². The van der Waals surface area contributed by atoms with Gasteiger partial charge >= 0.3 is 0 Å². The van der Waals surface area contributed by atoms with Crippen LogP contribution in [0, 0.1) is 17.0 Å². The molecule has 0 unspecified atom stereocenters. The minimum absolute atomic E-state index is 0.145. The van der Waals surface area contributed by atoms with Crippen LogP contribution in [-0.2, 0) is 4.79 Å². The van der Waals surface area contributed by atoms with E-state index in [0.29, 0.717) is 28.0 Å². The van der Waals surface area contributed by atoms with Gasteiger partial charge in [-0.3, -0.25) is 19.7 Å². The number of nitrogens with one attached hydrogen (secondary N) is 2. The summed E-state index contributed by atoms with van der Waals surface area (Å²) in [6.45, 7) is 3.42. The molecule has 0 atom stereocenters. The average molecular weight is 458 g/mol. The van der Waals surface area contributed by atoms with Gasteiger partial charge in [0.25, 0.3) is 17.5 Å². The van der Waals surface area contributed by atoms with Crippen molar-refractivity contribution in [3.8, 4) is 5.75 Å². The van der Waals surface area contributed by atoms with Gasteiger partial charge in [0.2, 0.25) is 0 Å². The zero-order valence-corrected chi connectivity index (χ0v) is 18.5. The van der Waals surface area contributed by atoms with E-state index in [-0.39, 0.29) is 17.1 Å². The summed E-state index contributed by atoms with van der Waals surface area (Å²) < 4.78 is 0. The largest absolute Gasteiger partial charge is 0.508 e. The second-order valence-corrected chi connectivity index (χ2v) is 7.37. The van der Waals surface area contributed by atoms with E-state index in [4.69, 9.17) is 0 Å². The van der Waals surface area contributed by atoms with Crippen molar-refractivity contribution < 1.29 is 19.6 Å². The number of benzene rings is 3. The molecule has 0 fully saturated rings. The number of hydrogen-bond acceptors (Lipinski definition) is 6. The number of hydrogen-bond donors (Lipinski definition) is 3. The van der Waals surface area contributed by atoms with E-state index in [9.17, 15) is 24.8 Å². The van der Waals surface area contributed by atoms with E-state index in [2.05, 4.69) is 15.8 Å². The molecule has 0 aliphatic rings. The second kappa shape index (κ2) is 10.7. The monoisotopic (exact) mass is 458 g/mol. The lowest BCUT2D eigenvalue weighted by atomic mass is 10.1. The topological polar surface area (TPSA) is 134 Å². The number of phenolic OH excluding ortho intramolecular Hbond substituents is 1. The number of aromatic hydroxyl groups is 1. The normalized spacial score (nSPS) is 11.6. The maximum Gasteiger partial charge on any atom is 0.287 e. The Morgan fingerprint density at radius 1 is 1.00 bits per heavy atom. The summed E-state index contributed by atoms with van der Waals surface area (Å²) in [4.78, 5) is 36.1. The number of non-ortho nitro benzene ring substituents is 1. The SMILES string of the molecule is CC(=NNC(=O)C(=Cc1cccc([N+](=O)[O-])c1)NC(=O)c1ccccc1)c1ccc(O)c(C)c1. The highest BCUT2D eigenvalue weighted by atomic mass is 16.6. The minimum atomic E-state index is -0.717. The minimum Gasteiger partial charge on any atom is -0.508 e. The Morgan fingerprint density at radius 2 is 1.74 bits per heavy atom. The standard InChI is InChI=1S/C25H22N4O5/c1-16-13-20(11-12-23(16)30)17(2)27-28-25(32)22(26-24(31)19-8-4-3-5-9-19)15-18-7-6-10-21(14-18)29(33)34/h3-15,30H,1-2H3,(H,26,31)(H,28,32). The number of amides is 2. The van der Waals surface area contributed by atoms with Crippen molar-refractivity contribution in [3.63, 3.8) is 0 Å². The van der Waals surface area contributed by atoms with E-state index in [1.54, 1.807) is 62.4 Å². The number of carbonyl (C=O) groups is 2. The van der Waals surface area contributed by atoms with Crippen molar-refractivity contribution in [1.82, 2.24) is 10.7 Å². The number of nitro groups is 1. The van der Waals surface area contributed by atoms with Crippen LogP contribution in [0.3, 0.4) is 0 Å². The molecule has 34 heavy (non-hydrogen) atoms. The van der Waals surface area contributed by atoms with E-state index < -0.39 is 16.7 Å². The van der Waals surface area contributed by atoms with Gasteiger partial charge in [-0.1, -0.05) is 30.3 Å². The fraction of sp³-hybridized carbons (Fsp3) is 0.0800. The Hall–Kier alpha value is -4.79. The van der Waals surface area contributed by atoms with Crippen molar-refractivity contribution in [2.45, 2.75) is 13.8 Å². The summed E-state index contributed by atoms with van der Waals surface area (Å²) in [6, 6.07) is 18.9. The third kappa shape index (κ3) is 6.13. The second-order valence-electron chi connectivity index (χ2n) is 7.37. The average Bonchev–Trinajstić information content (AvgIpc) is 2.84. The lowest BCUT2D eigenvalue weighted by Crippen LogP contribution is -2.33. The molecule has 3 aromatic rings. The number of hydrazone groups is 1. The van der Waals surface area contributed by atoms with Gasteiger partial charge in [-0.2, -0.15) is 5.10 Å². The number of aryl methyl sites for hydroxylation is 1. The molecule has 0 heterocycles. The molecule has 0 aromatic heterocycles.